The van der Waals surface area contributed by atoms with Gasteiger partial charge in [-0.05, 0) is 30.9 Å². The maximum atomic E-state index is 12.2. The van der Waals surface area contributed by atoms with Gasteiger partial charge in [0, 0.05) is 24.1 Å². The molecule has 3 rings (SSSR count). The molecule has 0 radical (unpaired) electrons. The zero-order chi connectivity index (χ0) is 17.6. The molecule has 0 aromatic heterocycles. The van der Waals surface area contributed by atoms with Crippen LogP contribution in [-0.2, 0) is 9.59 Å². The van der Waals surface area contributed by atoms with Crippen molar-refractivity contribution >= 4 is 17.5 Å². The number of rotatable bonds is 5. The standard InChI is InChI=1S/C21H28N2O2/c1-2-6-16-13-21(25)23-19-14-17(10-11-18(16)19)22-20(24)12-9-15-7-4-3-5-8-15/h10-11,13-15,18H,2-9,12H2,1H3,(H,23,25). The molecular weight excluding hydrogens is 312 g/mol. The minimum atomic E-state index is -0.0794. The lowest BCUT2D eigenvalue weighted by Crippen LogP contribution is -2.33. The van der Waals surface area contributed by atoms with Crippen molar-refractivity contribution in [3.8, 4) is 0 Å². The highest BCUT2D eigenvalue weighted by atomic mass is 16.2. The number of aliphatic imine (C=N–C) groups is 1. The third-order valence-corrected chi connectivity index (χ3v) is 5.37. The quantitative estimate of drug-likeness (QED) is 0.814. The molecule has 1 N–H and O–H groups in total. The first-order valence-electron chi connectivity index (χ1n) is 9.68. The van der Waals surface area contributed by atoms with Crippen molar-refractivity contribution in [2.45, 2.75) is 64.7 Å². The van der Waals surface area contributed by atoms with Crippen LogP contribution in [0, 0.1) is 11.8 Å². The van der Waals surface area contributed by atoms with Crippen molar-refractivity contribution in [3.05, 3.63) is 35.6 Å². The van der Waals surface area contributed by atoms with Crippen LogP contribution in [0.25, 0.3) is 0 Å². The zero-order valence-electron chi connectivity index (χ0n) is 15.1. The summed E-state index contributed by atoms with van der Waals surface area (Å²) < 4.78 is 0. The van der Waals surface area contributed by atoms with Gasteiger partial charge in [0.05, 0.1) is 5.71 Å². The van der Waals surface area contributed by atoms with E-state index in [9.17, 15) is 9.59 Å². The van der Waals surface area contributed by atoms with Crippen LogP contribution in [0.4, 0.5) is 0 Å². The maximum Gasteiger partial charge on any atom is 0.248 e. The molecule has 0 bridgehead atoms. The topological polar surface area (TPSA) is 58.5 Å². The first kappa shape index (κ1) is 17.8. The third-order valence-electron chi connectivity index (χ3n) is 5.37. The Hall–Kier alpha value is -1.97. The monoisotopic (exact) mass is 340 g/mol. The first-order valence-corrected chi connectivity index (χ1v) is 9.68. The summed E-state index contributed by atoms with van der Waals surface area (Å²) in [7, 11) is 0. The van der Waals surface area contributed by atoms with E-state index in [0.717, 1.165) is 30.5 Å². The highest BCUT2D eigenvalue weighted by molar-refractivity contribution is 6.11. The molecule has 1 fully saturated rings. The van der Waals surface area contributed by atoms with Crippen LogP contribution in [0.2, 0.25) is 0 Å². The second-order valence-corrected chi connectivity index (χ2v) is 7.37. The highest BCUT2D eigenvalue weighted by Crippen LogP contribution is 2.30. The second kappa shape index (κ2) is 8.41. The molecule has 0 aromatic carbocycles. The van der Waals surface area contributed by atoms with Crippen LogP contribution >= 0.6 is 0 Å². The third kappa shape index (κ3) is 4.77. The summed E-state index contributed by atoms with van der Waals surface area (Å²) in [5.74, 6) is 0.687. The van der Waals surface area contributed by atoms with Gasteiger partial charge < -0.3 is 5.32 Å². The van der Waals surface area contributed by atoms with E-state index in [2.05, 4.69) is 17.2 Å². The minimum Gasteiger partial charge on any atom is -0.325 e. The molecule has 0 aromatic rings. The van der Waals surface area contributed by atoms with Gasteiger partial charge >= 0.3 is 0 Å². The smallest absolute Gasteiger partial charge is 0.248 e. The molecule has 0 saturated heterocycles. The number of nitrogens with one attached hydrogen (secondary N) is 1. The molecule has 4 heteroatoms. The van der Waals surface area contributed by atoms with E-state index in [0.29, 0.717) is 18.1 Å². The Balaban J connectivity index is 1.61. The van der Waals surface area contributed by atoms with E-state index < -0.39 is 0 Å². The Morgan fingerprint density at radius 1 is 1.24 bits per heavy atom. The minimum absolute atomic E-state index is 0.0491. The average molecular weight is 340 g/mol. The molecule has 1 aliphatic heterocycles. The zero-order valence-corrected chi connectivity index (χ0v) is 15.1. The van der Waals surface area contributed by atoms with Crippen LogP contribution in [0.15, 0.2) is 40.6 Å². The Labute approximate surface area is 150 Å². The summed E-state index contributed by atoms with van der Waals surface area (Å²) in [6, 6.07) is 0. The molecule has 4 nitrogen and oxygen atoms in total. The molecule has 1 unspecified atom stereocenters. The van der Waals surface area contributed by atoms with Gasteiger partial charge in [0.1, 0.15) is 0 Å². The normalized spacial score (nSPS) is 25.2. The van der Waals surface area contributed by atoms with Crippen molar-refractivity contribution in [1.29, 1.82) is 0 Å². The van der Waals surface area contributed by atoms with Crippen LogP contribution in [0.1, 0.15) is 64.7 Å². The van der Waals surface area contributed by atoms with Crippen molar-refractivity contribution in [2.24, 2.45) is 16.8 Å². The van der Waals surface area contributed by atoms with Crippen LogP contribution in [0.5, 0.6) is 0 Å². The summed E-state index contributed by atoms with van der Waals surface area (Å²) in [6.07, 6.45) is 17.4. The number of nitrogens with zero attached hydrogens (tertiary/aromatic N) is 1. The number of carbonyl (C=O) groups is 2. The van der Waals surface area contributed by atoms with E-state index in [-0.39, 0.29) is 17.7 Å². The Morgan fingerprint density at radius 2 is 2.04 bits per heavy atom. The SMILES string of the molecule is CCCC1=CC(=O)NC2=CC(=NC(=O)CCC3CCCCC3)C=CC12. The van der Waals surface area contributed by atoms with E-state index in [1.807, 2.05) is 18.2 Å². The van der Waals surface area contributed by atoms with Gasteiger partial charge in [-0.15, -0.1) is 0 Å². The Bertz CT molecular complexity index is 649. The fourth-order valence-corrected chi connectivity index (χ4v) is 4.06. The molecule has 2 amide bonds. The number of hydrogen-bond acceptors (Lipinski definition) is 2. The summed E-state index contributed by atoms with van der Waals surface area (Å²) in [5, 5.41) is 2.90. The molecule has 25 heavy (non-hydrogen) atoms. The maximum absolute atomic E-state index is 12.2. The molecule has 0 spiro atoms. The number of hydrogen-bond donors (Lipinski definition) is 1. The molecule has 1 saturated carbocycles. The Kier molecular flexibility index (Phi) is 6.00. The van der Waals surface area contributed by atoms with Gasteiger partial charge in [0.25, 0.3) is 0 Å². The lowest BCUT2D eigenvalue weighted by Gasteiger charge is -2.27. The molecule has 2 aliphatic carbocycles. The number of fused-ring (bicyclic) bond motifs is 1. The van der Waals surface area contributed by atoms with Gasteiger partial charge in [-0.25, -0.2) is 4.99 Å². The summed E-state index contributed by atoms with van der Waals surface area (Å²) >= 11 is 0. The predicted molar refractivity (Wildman–Crippen MR) is 100 cm³/mol. The van der Waals surface area contributed by atoms with Gasteiger partial charge in [-0.1, -0.05) is 57.1 Å². The van der Waals surface area contributed by atoms with Gasteiger partial charge in [0.2, 0.25) is 11.8 Å². The number of carbonyl (C=O) groups excluding carboxylic acids is 2. The molecule has 134 valence electrons. The van der Waals surface area contributed by atoms with Crippen molar-refractivity contribution in [3.63, 3.8) is 0 Å². The molecule has 1 heterocycles. The van der Waals surface area contributed by atoms with E-state index in [1.165, 1.54) is 32.1 Å². The molecule has 3 aliphatic rings. The van der Waals surface area contributed by atoms with Crippen LogP contribution < -0.4 is 5.32 Å². The van der Waals surface area contributed by atoms with Crippen LogP contribution in [-0.4, -0.2) is 17.5 Å². The fourth-order valence-electron chi connectivity index (χ4n) is 4.06. The lowest BCUT2D eigenvalue weighted by atomic mass is 9.85. The number of amides is 2. The van der Waals surface area contributed by atoms with Crippen molar-refractivity contribution < 1.29 is 9.59 Å². The number of allylic oxidation sites excluding steroid dienone is 3. The van der Waals surface area contributed by atoms with Crippen molar-refractivity contribution in [1.82, 2.24) is 5.32 Å². The molecule has 1 atom stereocenters. The fraction of sp³-hybridized carbons (Fsp3) is 0.571. The lowest BCUT2D eigenvalue weighted by molar-refractivity contribution is -0.118. The van der Waals surface area contributed by atoms with Gasteiger partial charge in [-0.3, -0.25) is 9.59 Å². The van der Waals surface area contributed by atoms with Crippen LogP contribution in [0.3, 0.4) is 0 Å². The van der Waals surface area contributed by atoms with Gasteiger partial charge in [0.15, 0.2) is 0 Å². The predicted octanol–water partition coefficient (Wildman–Crippen LogP) is 4.24. The molecular formula is C21H28N2O2. The average Bonchev–Trinajstić information content (AvgIpc) is 2.61. The van der Waals surface area contributed by atoms with E-state index in [1.54, 1.807) is 6.08 Å². The largest absolute Gasteiger partial charge is 0.325 e. The Morgan fingerprint density at radius 3 is 2.80 bits per heavy atom. The second-order valence-electron chi connectivity index (χ2n) is 7.37. The van der Waals surface area contributed by atoms with E-state index >= 15 is 0 Å². The van der Waals surface area contributed by atoms with Crippen molar-refractivity contribution in [2.75, 3.05) is 0 Å². The summed E-state index contributed by atoms with van der Waals surface area (Å²) in [4.78, 5) is 28.3. The van der Waals surface area contributed by atoms with Gasteiger partial charge in [-0.2, -0.15) is 0 Å². The first-order chi connectivity index (χ1) is 12.2. The van der Waals surface area contributed by atoms with E-state index in [4.69, 9.17) is 0 Å². The highest BCUT2D eigenvalue weighted by Gasteiger charge is 2.25. The summed E-state index contributed by atoms with van der Waals surface area (Å²) in [6.45, 7) is 2.11. The summed E-state index contributed by atoms with van der Waals surface area (Å²) in [5.41, 5.74) is 2.63.